The van der Waals surface area contributed by atoms with Gasteiger partial charge in [-0.25, -0.2) is 13.4 Å². The number of pyridine rings is 1. The number of nitrogen functional groups attached to an aromatic ring is 1. The lowest BCUT2D eigenvalue weighted by atomic mass is 10.1. The van der Waals surface area contributed by atoms with Crippen LogP contribution in [-0.2, 0) is 10.0 Å². The lowest BCUT2D eigenvalue weighted by Crippen LogP contribution is -2.16. The molecule has 0 unspecified atom stereocenters. The summed E-state index contributed by atoms with van der Waals surface area (Å²) in [5.41, 5.74) is 7.64. The summed E-state index contributed by atoms with van der Waals surface area (Å²) in [4.78, 5) is 4.07. The van der Waals surface area contributed by atoms with E-state index in [2.05, 4.69) is 25.6 Å². The van der Waals surface area contributed by atoms with Crippen LogP contribution in [0.2, 0.25) is 5.02 Å². The molecule has 1 aromatic carbocycles. The molecule has 0 atom stereocenters. The van der Waals surface area contributed by atoms with Crippen molar-refractivity contribution >= 4 is 49.1 Å². The maximum Gasteiger partial charge on any atom is 0.232 e. The van der Waals surface area contributed by atoms with E-state index in [1.165, 1.54) is 0 Å². The van der Waals surface area contributed by atoms with Crippen LogP contribution in [0.3, 0.4) is 0 Å². The molecule has 0 saturated heterocycles. The number of halogens is 2. The van der Waals surface area contributed by atoms with E-state index < -0.39 is 10.0 Å². The van der Waals surface area contributed by atoms with Gasteiger partial charge in [-0.15, -0.1) is 0 Å². The lowest BCUT2D eigenvalue weighted by Gasteiger charge is -2.11. The van der Waals surface area contributed by atoms with Crippen molar-refractivity contribution in [2.45, 2.75) is 13.3 Å². The zero-order valence-electron chi connectivity index (χ0n) is 11.8. The Balaban J connectivity index is 2.45. The van der Waals surface area contributed by atoms with Crippen molar-refractivity contribution in [2.75, 3.05) is 16.2 Å². The highest BCUT2D eigenvalue weighted by Gasteiger charge is 2.12. The minimum absolute atomic E-state index is 0.0510. The smallest absolute Gasteiger partial charge is 0.232 e. The Kier molecular flexibility index (Phi) is 5.31. The molecule has 8 heteroatoms. The van der Waals surface area contributed by atoms with Gasteiger partial charge in [0.15, 0.2) is 0 Å². The van der Waals surface area contributed by atoms with Crippen molar-refractivity contribution in [1.82, 2.24) is 4.98 Å². The first-order chi connectivity index (χ1) is 10.3. The third-order valence-corrected chi connectivity index (χ3v) is 4.98. The fourth-order valence-corrected chi connectivity index (χ4v) is 3.67. The molecule has 22 heavy (non-hydrogen) atoms. The quantitative estimate of drug-likeness (QED) is 0.791. The van der Waals surface area contributed by atoms with Crippen molar-refractivity contribution in [1.29, 1.82) is 0 Å². The number of hydrogen-bond donors (Lipinski definition) is 2. The van der Waals surface area contributed by atoms with Crippen molar-refractivity contribution in [2.24, 2.45) is 0 Å². The normalized spacial score (nSPS) is 11.4. The Hall–Kier alpha value is -1.31. The van der Waals surface area contributed by atoms with Gasteiger partial charge in [0.25, 0.3) is 0 Å². The molecule has 0 amide bonds. The molecule has 118 valence electrons. The minimum Gasteiger partial charge on any atom is -0.383 e. The summed E-state index contributed by atoms with van der Waals surface area (Å²) >= 11 is 9.43. The summed E-state index contributed by atoms with van der Waals surface area (Å²) in [5.74, 6) is 0.392. The van der Waals surface area contributed by atoms with Gasteiger partial charge in [0.2, 0.25) is 10.0 Å². The summed E-state index contributed by atoms with van der Waals surface area (Å²) in [7, 11) is -3.38. The first-order valence-electron chi connectivity index (χ1n) is 6.53. The molecule has 1 aromatic heterocycles. The van der Waals surface area contributed by atoms with Crippen molar-refractivity contribution < 1.29 is 8.42 Å². The van der Waals surface area contributed by atoms with Gasteiger partial charge in [0, 0.05) is 21.3 Å². The number of nitrogens with one attached hydrogen (secondary N) is 1. The fourth-order valence-electron chi connectivity index (χ4n) is 1.98. The van der Waals surface area contributed by atoms with Gasteiger partial charge < -0.3 is 5.73 Å². The van der Waals surface area contributed by atoms with Crippen LogP contribution in [0.4, 0.5) is 11.5 Å². The third-order valence-electron chi connectivity index (χ3n) is 2.84. The van der Waals surface area contributed by atoms with E-state index in [1.807, 2.05) is 0 Å². The number of benzene rings is 1. The van der Waals surface area contributed by atoms with Gasteiger partial charge in [-0.05, 0) is 52.2 Å². The number of anilines is 2. The number of nitrogens with two attached hydrogens (primary N) is 1. The Labute approximate surface area is 143 Å². The van der Waals surface area contributed by atoms with Crippen LogP contribution in [0.1, 0.15) is 13.3 Å². The minimum atomic E-state index is -3.38. The molecule has 0 bridgehead atoms. The van der Waals surface area contributed by atoms with Crippen molar-refractivity contribution in [3.8, 4) is 11.1 Å². The number of rotatable bonds is 5. The molecular weight excluding hydrogens is 390 g/mol. The van der Waals surface area contributed by atoms with E-state index in [1.54, 1.807) is 37.4 Å². The molecule has 0 fully saturated rings. The van der Waals surface area contributed by atoms with Crippen molar-refractivity contribution in [3.63, 3.8) is 0 Å². The van der Waals surface area contributed by atoms with E-state index in [0.29, 0.717) is 34.1 Å². The van der Waals surface area contributed by atoms with E-state index in [9.17, 15) is 8.42 Å². The predicted octanol–water partition coefficient (Wildman–Crippen LogP) is 3.90. The van der Waals surface area contributed by atoms with Crippen LogP contribution in [0.5, 0.6) is 0 Å². The molecule has 0 aliphatic heterocycles. The SMILES string of the molecule is CCCS(=O)(=O)Nc1cc(Cl)cc(-c2cc(Br)cnc2N)c1. The van der Waals surface area contributed by atoms with Crippen molar-refractivity contribution in [3.05, 3.63) is 40.0 Å². The van der Waals surface area contributed by atoms with Crippen LogP contribution >= 0.6 is 27.5 Å². The van der Waals surface area contributed by atoms with Gasteiger partial charge in [0.05, 0.1) is 11.4 Å². The monoisotopic (exact) mass is 403 g/mol. The molecule has 0 spiro atoms. The standard InChI is InChI=1S/C14H15BrClN3O2S/c1-2-3-22(20,21)19-12-5-9(4-11(16)7-12)13-6-10(15)8-18-14(13)17/h4-8,19H,2-3H2,1H3,(H2,17,18). The number of sulfonamides is 1. The first-order valence-corrected chi connectivity index (χ1v) is 9.35. The van der Waals surface area contributed by atoms with E-state index in [0.717, 1.165) is 4.47 Å². The van der Waals surface area contributed by atoms with Crippen LogP contribution in [0.25, 0.3) is 11.1 Å². The molecule has 1 heterocycles. The second-order valence-corrected chi connectivity index (χ2v) is 7.93. The van der Waals surface area contributed by atoms with Crippen LogP contribution in [0, 0.1) is 0 Å². The highest BCUT2D eigenvalue weighted by molar-refractivity contribution is 9.10. The van der Waals surface area contributed by atoms with Gasteiger partial charge in [0.1, 0.15) is 5.82 Å². The molecule has 0 aliphatic rings. The Morgan fingerprint density at radius 3 is 2.73 bits per heavy atom. The summed E-state index contributed by atoms with van der Waals surface area (Å²) < 4.78 is 27.1. The highest BCUT2D eigenvalue weighted by atomic mass is 79.9. The number of hydrogen-bond acceptors (Lipinski definition) is 4. The first kappa shape index (κ1) is 17.1. The van der Waals surface area contributed by atoms with Crippen LogP contribution < -0.4 is 10.5 Å². The molecule has 0 aliphatic carbocycles. The second kappa shape index (κ2) is 6.85. The fraction of sp³-hybridized carbons (Fsp3) is 0.214. The summed E-state index contributed by atoms with van der Waals surface area (Å²) in [5, 5.41) is 0.408. The Morgan fingerprint density at radius 1 is 1.32 bits per heavy atom. The third kappa shape index (κ3) is 4.34. The zero-order chi connectivity index (χ0) is 16.3. The van der Waals surface area contributed by atoms with Crippen LogP contribution in [-0.4, -0.2) is 19.2 Å². The van der Waals surface area contributed by atoms with Crippen LogP contribution in [0.15, 0.2) is 34.9 Å². The molecule has 3 N–H and O–H groups in total. The number of aromatic nitrogens is 1. The van der Waals surface area contributed by atoms with Gasteiger partial charge in [-0.3, -0.25) is 4.72 Å². The van der Waals surface area contributed by atoms with Gasteiger partial charge >= 0.3 is 0 Å². The van der Waals surface area contributed by atoms with Gasteiger partial charge in [-0.2, -0.15) is 0 Å². The molecule has 0 radical (unpaired) electrons. The molecule has 0 saturated carbocycles. The van der Waals surface area contributed by atoms with E-state index >= 15 is 0 Å². The molecule has 2 aromatic rings. The molecular formula is C14H15BrClN3O2S. The molecule has 5 nitrogen and oxygen atoms in total. The summed E-state index contributed by atoms with van der Waals surface area (Å²) in [6.07, 6.45) is 2.12. The second-order valence-electron chi connectivity index (χ2n) is 4.74. The Bertz CT molecular complexity index is 797. The average Bonchev–Trinajstić information content (AvgIpc) is 2.40. The van der Waals surface area contributed by atoms with Gasteiger partial charge in [-0.1, -0.05) is 18.5 Å². The largest absolute Gasteiger partial charge is 0.383 e. The lowest BCUT2D eigenvalue weighted by molar-refractivity contribution is 0.600. The maximum atomic E-state index is 11.9. The Morgan fingerprint density at radius 2 is 2.05 bits per heavy atom. The average molecular weight is 405 g/mol. The topological polar surface area (TPSA) is 85.1 Å². The maximum absolute atomic E-state index is 11.9. The number of nitrogens with zero attached hydrogens (tertiary/aromatic N) is 1. The zero-order valence-corrected chi connectivity index (χ0v) is 15.0. The highest BCUT2D eigenvalue weighted by Crippen LogP contribution is 2.32. The predicted molar refractivity (Wildman–Crippen MR) is 94.5 cm³/mol. The summed E-state index contributed by atoms with van der Waals surface area (Å²) in [6, 6.07) is 6.75. The van der Waals surface area contributed by atoms with E-state index in [4.69, 9.17) is 17.3 Å². The van der Waals surface area contributed by atoms with E-state index in [-0.39, 0.29) is 5.75 Å². The summed E-state index contributed by atoms with van der Waals surface area (Å²) in [6.45, 7) is 1.80. The molecule has 2 rings (SSSR count).